The van der Waals surface area contributed by atoms with Crippen molar-refractivity contribution in [2.24, 2.45) is 0 Å². The van der Waals surface area contributed by atoms with Crippen molar-refractivity contribution in [3.8, 4) is 10.7 Å². The van der Waals surface area contributed by atoms with Crippen LogP contribution in [0.3, 0.4) is 0 Å². The molecule has 0 saturated heterocycles. The predicted molar refractivity (Wildman–Crippen MR) is 62.9 cm³/mol. The fraction of sp³-hybridized carbons (Fsp3) is 0. The summed E-state index contributed by atoms with van der Waals surface area (Å²) in [6.07, 6.45) is 4.96. The van der Waals surface area contributed by atoms with Gasteiger partial charge in [-0.15, -0.1) is 0 Å². The topological polar surface area (TPSA) is 77.6 Å². The first kappa shape index (κ1) is 9.17. The molecule has 0 bridgehead atoms. The Labute approximate surface area is 95.0 Å². The fourth-order valence-corrected chi connectivity index (χ4v) is 2.26. The van der Waals surface area contributed by atoms with Crippen LogP contribution >= 0.6 is 11.3 Å². The highest BCUT2D eigenvalue weighted by Gasteiger charge is 2.10. The highest BCUT2D eigenvalue weighted by atomic mass is 32.1. The number of anilines is 1. The Kier molecular flexibility index (Phi) is 2.00. The molecule has 0 saturated carbocycles. The third kappa shape index (κ3) is 1.40. The van der Waals surface area contributed by atoms with Crippen molar-refractivity contribution in [1.82, 2.24) is 19.9 Å². The van der Waals surface area contributed by atoms with E-state index >= 15 is 0 Å². The second kappa shape index (κ2) is 3.49. The van der Waals surface area contributed by atoms with E-state index in [-0.39, 0.29) is 0 Å². The van der Waals surface area contributed by atoms with Crippen LogP contribution in [0, 0.1) is 0 Å². The van der Waals surface area contributed by atoms with Gasteiger partial charge in [0.1, 0.15) is 10.7 Å². The van der Waals surface area contributed by atoms with Crippen molar-refractivity contribution in [1.29, 1.82) is 0 Å². The fourth-order valence-electron chi connectivity index (χ4n) is 1.37. The number of thiazole rings is 1. The molecule has 0 unspecified atom stereocenters. The first-order valence-electron chi connectivity index (χ1n) is 4.63. The highest BCUT2D eigenvalue weighted by molar-refractivity contribution is 7.21. The molecule has 3 heterocycles. The summed E-state index contributed by atoms with van der Waals surface area (Å²) in [6, 6.07) is 3.60. The van der Waals surface area contributed by atoms with E-state index in [1.807, 2.05) is 0 Å². The SMILES string of the molecule is Nc1cccnc1-c1nc2nccnc2s1. The number of hydrogen-bond donors (Lipinski definition) is 1. The third-order valence-electron chi connectivity index (χ3n) is 2.09. The van der Waals surface area contributed by atoms with Crippen LogP contribution in [-0.2, 0) is 0 Å². The van der Waals surface area contributed by atoms with Gasteiger partial charge in [-0.1, -0.05) is 11.3 Å². The molecule has 3 rings (SSSR count). The van der Waals surface area contributed by atoms with E-state index in [2.05, 4.69) is 19.9 Å². The van der Waals surface area contributed by atoms with Gasteiger partial charge in [0.2, 0.25) is 0 Å². The quantitative estimate of drug-likeness (QED) is 0.687. The lowest BCUT2D eigenvalue weighted by Gasteiger charge is -1.97. The van der Waals surface area contributed by atoms with Crippen molar-refractivity contribution in [2.75, 3.05) is 5.73 Å². The monoisotopic (exact) mass is 229 g/mol. The highest BCUT2D eigenvalue weighted by Crippen LogP contribution is 2.29. The number of nitrogens with zero attached hydrogens (tertiary/aromatic N) is 4. The molecule has 0 amide bonds. The number of hydrogen-bond acceptors (Lipinski definition) is 6. The normalized spacial score (nSPS) is 10.8. The van der Waals surface area contributed by atoms with Crippen LogP contribution in [0.4, 0.5) is 5.69 Å². The molecular formula is C10H7N5S. The summed E-state index contributed by atoms with van der Waals surface area (Å²) < 4.78 is 0. The maximum Gasteiger partial charge on any atom is 0.190 e. The smallest absolute Gasteiger partial charge is 0.190 e. The zero-order valence-corrected chi connectivity index (χ0v) is 8.98. The van der Waals surface area contributed by atoms with E-state index in [9.17, 15) is 0 Å². The van der Waals surface area contributed by atoms with Gasteiger partial charge in [-0.05, 0) is 12.1 Å². The lowest BCUT2D eigenvalue weighted by atomic mass is 10.3. The van der Waals surface area contributed by atoms with E-state index in [1.54, 1.807) is 30.7 Å². The first-order valence-corrected chi connectivity index (χ1v) is 5.44. The first-order chi connectivity index (χ1) is 7.84. The summed E-state index contributed by atoms with van der Waals surface area (Å²) in [5, 5.41) is 0.749. The minimum absolute atomic E-state index is 0.613. The van der Waals surface area contributed by atoms with Crippen LogP contribution in [0.25, 0.3) is 21.2 Å². The number of nitrogen functional groups attached to an aromatic ring is 1. The van der Waals surface area contributed by atoms with E-state index in [1.165, 1.54) is 11.3 Å². The Morgan fingerprint density at radius 1 is 1.06 bits per heavy atom. The van der Waals surface area contributed by atoms with Gasteiger partial charge in [0, 0.05) is 18.6 Å². The molecule has 0 aliphatic rings. The van der Waals surface area contributed by atoms with Gasteiger partial charge in [-0.3, -0.25) is 4.98 Å². The Bertz CT molecular complexity index is 615. The molecular weight excluding hydrogens is 222 g/mol. The number of nitrogens with two attached hydrogens (primary N) is 1. The van der Waals surface area contributed by atoms with Gasteiger partial charge in [0.05, 0.1) is 5.69 Å². The van der Waals surface area contributed by atoms with Crippen molar-refractivity contribution < 1.29 is 0 Å². The van der Waals surface area contributed by atoms with Gasteiger partial charge >= 0.3 is 0 Å². The van der Waals surface area contributed by atoms with Crippen molar-refractivity contribution in [2.45, 2.75) is 0 Å². The number of fused-ring (bicyclic) bond motifs is 1. The van der Waals surface area contributed by atoms with Crippen LogP contribution in [0.1, 0.15) is 0 Å². The second-order valence-electron chi connectivity index (χ2n) is 3.15. The van der Waals surface area contributed by atoms with Crippen LogP contribution < -0.4 is 5.73 Å². The number of pyridine rings is 1. The maximum atomic E-state index is 5.84. The van der Waals surface area contributed by atoms with Crippen molar-refractivity contribution >= 4 is 27.5 Å². The number of rotatable bonds is 1. The average Bonchev–Trinajstić information content (AvgIpc) is 2.73. The molecule has 3 aromatic rings. The van der Waals surface area contributed by atoms with Crippen LogP contribution in [0.15, 0.2) is 30.7 Å². The van der Waals surface area contributed by atoms with Crippen LogP contribution in [0.2, 0.25) is 0 Å². The predicted octanol–water partition coefficient (Wildman–Crippen LogP) is 1.73. The van der Waals surface area contributed by atoms with E-state index in [0.717, 1.165) is 9.84 Å². The summed E-state index contributed by atoms with van der Waals surface area (Å²) in [5.41, 5.74) is 7.77. The maximum absolute atomic E-state index is 5.84. The molecule has 0 aliphatic carbocycles. The molecule has 0 radical (unpaired) electrons. The van der Waals surface area contributed by atoms with Gasteiger partial charge in [0.15, 0.2) is 10.5 Å². The lowest BCUT2D eigenvalue weighted by molar-refractivity contribution is 1.25. The molecule has 0 aromatic carbocycles. The largest absolute Gasteiger partial charge is 0.397 e. The molecule has 0 atom stereocenters. The van der Waals surface area contributed by atoms with Gasteiger partial charge in [0.25, 0.3) is 0 Å². The Balaban J connectivity index is 2.23. The van der Waals surface area contributed by atoms with Crippen molar-refractivity contribution in [3.05, 3.63) is 30.7 Å². The number of aromatic nitrogens is 4. The van der Waals surface area contributed by atoms with E-state index < -0.39 is 0 Å². The third-order valence-corrected chi connectivity index (χ3v) is 3.05. The minimum Gasteiger partial charge on any atom is -0.397 e. The Hall–Kier alpha value is -2.08. The molecule has 0 spiro atoms. The minimum atomic E-state index is 0.613. The zero-order chi connectivity index (χ0) is 11.0. The van der Waals surface area contributed by atoms with Gasteiger partial charge in [-0.2, -0.15) is 0 Å². The second-order valence-corrected chi connectivity index (χ2v) is 4.12. The van der Waals surface area contributed by atoms with Crippen molar-refractivity contribution in [3.63, 3.8) is 0 Å². The summed E-state index contributed by atoms with van der Waals surface area (Å²) in [7, 11) is 0. The van der Waals surface area contributed by atoms with Crippen LogP contribution in [0.5, 0.6) is 0 Å². The molecule has 3 aromatic heterocycles. The van der Waals surface area contributed by atoms with Gasteiger partial charge < -0.3 is 5.73 Å². The molecule has 2 N–H and O–H groups in total. The molecule has 6 heteroatoms. The van der Waals surface area contributed by atoms with Crippen LogP contribution in [-0.4, -0.2) is 19.9 Å². The summed E-state index contributed by atoms with van der Waals surface area (Å²) in [4.78, 5) is 17.7. The van der Waals surface area contributed by atoms with Gasteiger partial charge in [-0.25, -0.2) is 15.0 Å². The van der Waals surface area contributed by atoms with E-state index in [0.29, 0.717) is 17.0 Å². The lowest BCUT2D eigenvalue weighted by Crippen LogP contribution is -1.91. The summed E-state index contributed by atoms with van der Waals surface area (Å²) >= 11 is 1.44. The summed E-state index contributed by atoms with van der Waals surface area (Å²) in [6.45, 7) is 0. The molecule has 78 valence electrons. The molecule has 0 fully saturated rings. The summed E-state index contributed by atoms with van der Waals surface area (Å²) in [5.74, 6) is 0. The Morgan fingerprint density at radius 3 is 2.75 bits per heavy atom. The Morgan fingerprint density at radius 2 is 1.94 bits per heavy atom. The standard InChI is InChI=1S/C10H7N5S/c11-6-2-1-3-12-7(6)9-15-8-10(16-9)14-5-4-13-8/h1-5H,11H2. The molecule has 5 nitrogen and oxygen atoms in total. The zero-order valence-electron chi connectivity index (χ0n) is 8.16. The molecule has 0 aliphatic heterocycles. The average molecular weight is 229 g/mol. The van der Waals surface area contributed by atoms with E-state index in [4.69, 9.17) is 5.73 Å². The molecule has 16 heavy (non-hydrogen) atoms.